The van der Waals surface area contributed by atoms with Gasteiger partial charge in [-0.05, 0) is 47.1 Å². The number of rotatable bonds is 0. The second-order valence-corrected chi connectivity index (χ2v) is 9.43. The van der Waals surface area contributed by atoms with E-state index in [-0.39, 0.29) is 0 Å². The van der Waals surface area contributed by atoms with E-state index in [1.165, 1.54) is 19.3 Å². The van der Waals surface area contributed by atoms with E-state index < -0.39 is 0 Å². The second kappa shape index (κ2) is 4.10. The Hall–Kier alpha value is -0.300. The Morgan fingerprint density at radius 2 is 1.72 bits per heavy atom. The molecule has 1 aromatic heterocycles. The summed E-state index contributed by atoms with van der Waals surface area (Å²) in [5.41, 5.74) is 2.79. The fourth-order valence-electron chi connectivity index (χ4n) is 2.69. The van der Waals surface area contributed by atoms with Gasteiger partial charge in [-0.1, -0.05) is 48.5 Å². The van der Waals surface area contributed by atoms with Gasteiger partial charge in [0.2, 0.25) is 0 Å². The molecule has 0 aliphatic heterocycles. The maximum Gasteiger partial charge on any atom is 0.0105 e. The van der Waals surface area contributed by atoms with Gasteiger partial charge in [-0.2, -0.15) is 0 Å². The highest BCUT2D eigenvalue weighted by Gasteiger charge is 2.40. The molecule has 0 amide bonds. The normalized spacial score (nSPS) is 25.1. The summed E-state index contributed by atoms with van der Waals surface area (Å²) in [6, 6.07) is 2.47. The molecule has 102 valence electrons. The van der Waals surface area contributed by atoms with Gasteiger partial charge in [-0.25, -0.2) is 0 Å². The quantitative estimate of drug-likeness (QED) is 0.573. The zero-order valence-corrected chi connectivity index (χ0v) is 13.9. The van der Waals surface area contributed by atoms with Crippen LogP contribution in [0.1, 0.15) is 70.2 Å². The van der Waals surface area contributed by atoms with Gasteiger partial charge in [0.15, 0.2) is 0 Å². The van der Waals surface area contributed by atoms with Crippen LogP contribution in [0.25, 0.3) is 0 Å². The molecule has 1 aliphatic carbocycles. The predicted molar refractivity (Wildman–Crippen MR) is 82.6 cm³/mol. The molecule has 1 heteroatoms. The number of hydrogen-bond acceptors (Lipinski definition) is 1. The van der Waals surface area contributed by atoms with Gasteiger partial charge in [-0.15, -0.1) is 11.3 Å². The number of aryl methyl sites for hydroxylation is 1. The van der Waals surface area contributed by atoms with Gasteiger partial charge in [0.25, 0.3) is 0 Å². The Morgan fingerprint density at radius 3 is 2.22 bits per heavy atom. The number of hydrogen-bond donors (Lipinski definition) is 0. The topological polar surface area (TPSA) is 0 Å². The first kappa shape index (κ1) is 14.1. The van der Waals surface area contributed by atoms with Gasteiger partial charge < -0.3 is 0 Å². The minimum atomic E-state index is 0.306. The van der Waals surface area contributed by atoms with E-state index in [9.17, 15) is 0 Å². The highest BCUT2D eigenvalue weighted by molar-refractivity contribution is 7.12. The lowest BCUT2D eigenvalue weighted by atomic mass is 9.61. The van der Waals surface area contributed by atoms with Gasteiger partial charge in [-0.3, -0.25) is 0 Å². The van der Waals surface area contributed by atoms with E-state index in [4.69, 9.17) is 0 Å². The largest absolute Gasteiger partial charge is 0.145 e. The highest BCUT2D eigenvalue weighted by atomic mass is 32.1. The fraction of sp³-hybridized carbons (Fsp3) is 0.765. The lowest BCUT2D eigenvalue weighted by molar-refractivity contribution is 0.0909. The van der Waals surface area contributed by atoms with Gasteiger partial charge in [0.1, 0.15) is 0 Å². The molecule has 0 aromatic carbocycles. The van der Waals surface area contributed by atoms with Crippen LogP contribution in [-0.4, -0.2) is 0 Å². The van der Waals surface area contributed by atoms with Gasteiger partial charge in [0, 0.05) is 9.75 Å². The molecule has 1 aromatic rings. The molecule has 0 spiro atoms. The second-order valence-electron chi connectivity index (χ2n) is 8.30. The third kappa shape index (κ3) is 2.39. The average molecular weight is 264 g/mol. The molecule has 1 aliphatic rings. The fourth-order valence-corrected chi connectivity index (χ4v) is 4.15. The summed E-state index contributed by atoms with van der Waals surface area (Å²) < 4.78 is 0. The first-order chi connectivity index (χ1) is 8.03. The minimum absolute atomic E-state index is 0.306. The zero-order chi connectivity index (χ0) is 13.8. The predicted octanol–water partition coefficient (Wildman–Crippen LogP) is 5.59. The first-order valence-electron chi connectivity index (χ1n) is 7.15. The van der Waals surface area contributed by atoms with Gasteiger partial charge in [0.05, 0.1) is 0 Å². The van der Waals surface area contributed by atoms with Crippen LogP contribution in [0.15, 0.2) is 6.07 Å². The van der Waals surface area contributed by atoms with Crippen LogP contribution < -0.4 is 0 Å². The Balaban J connectivity index is 2.33. The Morgan fingerprint density at radius 1 is 1.11 bits per heavy atom. The maximum absolute atomic E-state index is 2.48. The molecule has 1 unspecified atom stereocenters. The van der Waals surface area contributed by atoms with E-state index in [0.29, 0.717) is 16.2 Å². The lowest BCUT2D eigenvalue weighted by Crippen LogP contribution is -2.37. The molecule has 0 nitrogen and oxygen atoms in total. The molecule has 0 N–H and O–H groups in total. The number of fused-ring (bicyclic) bond motifs is 1. The summed E-state index contributed by atoms with van der Waals surface area (Å²) in [5.74, 6) is 0. The molecular formula is C17H28S. The summed E-state index contributed by atoms with van der Waals surface area (Å²) >= 11 is 2.06. The summed E-state index contributed by atoms with van der Waals surface area (Å²) in [6.07, 6.45) is 3.88. The van der Waals surface area contributed by atoms with Crippen LogP contribution >= 0.6 is 11.3 Å². The molecule has 1 atom stereocenters. The number of thiophene rings is 1. The van der Waals surface area contributed by atoms with Crippen molar-refractivity contribution in [3.63, 3.8) is 0 Å². The molecule has 18 heavy (non-hydrogen) atoms. The third-order valence-corrected chi connectivity index (χ3v) is 6.55. The van der Waals surface area contributed by atoms with Crippen molar-refractivity contribution in [2.24, 2.45) is 10.8 Å². The maximum atomic E-state index is 2.48. The molecular weight excluding hydrogens is 236 g/mol. The Kier molecular flexibility index (Phi) is 3.21. The Bertz CT molecular complexity index is 439. The van der Waals surface area contributed by atoms with Crippen molar-refractivity contribution in [2.75, 3.05) is 0 Å². The average Bonchev–Trinajstić information content (AvgIpc) is 2.57. The molecule has 0 fully saturated rings. The minimum Gasteiger partial charge on any atom is -0.145 e. The monoisotopic (exact) mass is 264 g/mol. The van der Waals surface area contributed by atoms with Crippen molar-refractivity contribution in [3.8, 4) is 0 Å². The van der Waals surface area contributed by atoms with Crippen LogP contribution in [0.3, 0.4) is 0 Å². The molecule has 0 radical (unpaired) electrons. The molecule has 1 heterocycles. The van der Waals surface area contributed by atoms with E-state index in [2.05, 4.69) is 65.9 Å². The van der Waals surface area contributed by atoms with Crippen LogP contribution in [-0.2, 0) is 18.3 Å². The van der Waals surface area contributed by atoms with Crippen molar-refractivity contribution < 1.29 is 0 Å². The van der Waals surface area contributed by atoms with Crippen molar-refractivity contribution in [2.45, 2.75) is 73.1 Å². The highest BCUT2D eigenvalue weighted by Crippen LogP contribution is 2.50. The molecule has 0 saturated carbocycles. The van der Waals surface area contributed by atoms with Crippen molar-refractivity contribution in [1.82, 2.24) is 0 Å². The molecule has 0 bridgehead atoms. The molecule has 2 rings (SSSR count). The van der Waals surface area contributed by atoms with Gasteiger partial charge >= 0.3 is 0 Å². The smallest absolute Gasteiger partial charge is 0.0105 e. The zero-order valence-electron chi connectivity index (χ0n) is 13.1. The third-order valence-electron chi connectivity index (χ3n) is 4.94. The summed E-state index contributed by atoms with van der Waals surface area (Å²) in [6.45, 7) is 16.7. The van der Waals surface area contributed by atoms with E-state index in [0.717, 1.165) is 0 Å². The van der Waals surface area contributed by atoms with E-state index in [1.807, 2.05) is 0 Å². The van der Waals surface area contributed by atoms with Crippen molar-refractivity contribution >= 4 is 11.3 Å². The van der Waals surface area contributed by atoms with Crippen LogP contribution in [0, 0.1) is 10.8 Å². The SMILES string of the molecule is CC(C)(C)c1cc2c(s1)CC(C)(C(C)(C)C)CC2. The van der Waals surface area contributed by atoms with Crippen molar-refractivity contribution in [1.29, 1.82) is 0 Å². The summed E-state index contributed by atoms with van der Waals surface area (Å²) in [7, 11) is 0. The summed E-state index contributed by atoms with van der Waals surface area (Å²) in [5, 5.41) is 0. The van der Waals surface area contributed by atoms with Crippen LogP contribution in [0.2, 0.25) is 0 Å². The van der Waals surface area contributed by atoms with E-state index in [1.54, 1.807) is 15.3 Å². The van der Waals surface area contributed by atoms with Crippen LogP contribution in [0.4, 0.5) is 0 Å². The standard InChI is InChI=1S/C17H28S/c1-15(2,3)14-10-12-8-9-17(7,16(4,5)6)11-13(12)18-14/h10H,8-9,11H2,1-7H3. The summed E-state index contributed by atoms with van der Waals surface area (Å²) in [4.78, 5) is 3.22. The van der Waals surface area contributed by atoms with E-state index >= 15 is 0 Å². The van der Waals surface area contributed by atoms with Crippen molar-refractivity contribution in [3.05, 3.63) is 21.4 Å². The lowest BCUT2D eigenvalue weighted by Gasteiger charge is -2.44. The Labute approximate surface area is 117 Å². The van der Waals surface area contributed by atoms with Crippen LogP contribution in [0.5, 0.6) is 0 Å². The molecule has 0 saturated heterocycles. The first-order valence-corrected chi connectivity index (χ1v) is 7.97.